The fourth-order valence-electron chi connectivity index (χ4n) is 4.27. The van der Waals surface area contributed by atoms with Gasteiger partial charge in [0.2, 0.25) is 5.76 Å². The minimum Gasteiger partial charge on any atom is -0.494 e. The van der Waals surface area contributed by atoms with Gasteiger partial charge >= 0.3 is 0 Å². The van der Waals surface area contributed by atoms with E-state index in [2.05, 4.69) is 6.92 Å². The lowest BCUT2D eigenvalue weighted by atomic mass is 9.98. The van der Waals surface area contributed by atoms with Gasteiger partial charge in [-0.25, -0.2) is 4.39 Å². The van der Waals surface area contributed by atoms with Crippen LogP contribution in [0.2, 0.25) is 0 Å². The Kier molecular flexibility index (Phi) is 7.08. The summed E-state index contributed by atoms with van der Waals surface area (Å²) in [5, 5.41) is 0.122. The highest BCUT2D eigenvalue weighted by Gasteiger charge is 2.42. The summed E-state index contributed by atoms with van der Waals surface area (Å²) in [6.45, 7) is 3.59. The van der Waals surface area contributed by atoms with Crippen LogP contribution in [0.5, 0.6) is 5.75 Å². The highest BCUT2D eigenvalue weighted by Crippen LogP contribution is 2.39. The van der Waals surface area contributed by atoms with Gasteiger partial charge in [0.05, 0.1) is 23.6 Å². The summed E-state index contributed by atoms with van der Waals surface area (Å²) in [6.07, 6.45) is 3.74. The van der Waals surface area contributed by atoms with Crippen molar-refractivity contribution >= 4 is 16.9 Å². The number of unbranched alkanes of at least 4 members (excludes halogenated alkanes) is 2. The lowest BCUT2D eigenvalue weighted by Crippen LogP contribution is -2.31. The molecule has 7 heteroatoms. The standard InChI is InChI=1S/C26H28FNO5/c1-3-4-5-14-32-19-9-6-8-17(15-19)23-22-24(29)20-16-18(27)10-11-21(20)33-25(22)26(30)28(23)12-7-13-31-2/h6,8-11,15-16,23H,3-5,7,12-14H2,1-2H3. The monoisotopic (exact) mass is 453 g/mol. The SMILES string of the molecule is CCCCCOc1cccc(C2c3c(oc4ccc(F)cc4c3=O)C(=O)N2CCCOC)c1. The third-order valence-electron chi connectivity index (χ3n) is 5.87. The third kappa shape index (κ3) is 4.64. The molecule has 1 aliphatic rings. The fraction of sp³-hybridized carbons (Fsp3) is 0.385. The van der Waals surface area contributed by atoms with Gasteiger partial charge < -0.3 is 18.8 Å². The Bertz CT molecular complexity index is 1200. The van der Waals surface area contributed by atoms with Crippen molar-refractivity contribution in [3.8, 4) is 5.75 Å². The molecular weight excluding hydrogens is 425 g/mol. The molecule has 0 N–H and O–H groups in total. The Labute approximate surface area is 191 Å². The zero-order valence-corrected chi connectivity index (χ0v) is 18.9. The van der Waals surface area contributed by atoms with Gasteiger partial charge in [-0.2, -0.15) is 0 Å². The molecule has 4 rings (SSSR count). The number of amides is 1. The zero-order chi connectivity index (χ0) is 23.4. The van der Waals surface area contributed by atoms with Crippen LogP contribution in [0.1, 0.15) is 60.3 Å². The molecule has 0 saturated carbocycles. The van der Waals surface area contributed by atoms with Crippen LogP contribution in [0.25, 0.3) is 11.0 Å². The van der Waals surface area contributed by atoms with Crippen molar-refractivity contribution in [3.05, 3.63) is 75.4 Å². The molecule has 1 aliphatic heterocycles. The second-order valence-electron chi connectivity index (χ2n) is 8.19. The molecule has 2 heterocycles. The largest absolute Gasteiger partial charge is 0.494 e. The maximum absolute atomic E-state index is 13.9. The molecule has 0 bridgehead atoms. The first-order valence-electron chi connectivity index (χ1n) is 11.3. The van der Waals surface area contributed by atoms with Gasteiger partial charge in [-0.1, -0.05) is 31.9 Å². The minimum absolute atomic E-state index is 0.00999. The Morgan fingerprint density at radius 1 is 1.06 bits per heavy atom. The van der Waals surface area contributed by atoms with E-state index in [1.165, 1.54) is 12.1 Å². The molecule has 0 aliphatic carbocycles. The summed E-state index contributed by atoms with van der Waals surface area (Å²) >= 11 is 0. The van der Waals surface area contributed by atoms with E-state index in [-0.39, 0.29) is 28.2 Å². The molecule has 1 amide bonds. The van der Waals surface area contributed by atoms with E-state index >= 15 is 0 Å². The van der Waals surface area contributed by atoms with Crippen LogP contribution in [0.4, 0.5) is 4.39 Å². The van der Waals surface area contributed by atoms with Crippen molar-refractivity contribution in [1.82, 2.24) is 4.90 Å². The Morgan fingerprint density at radius 2 is 1.91 bits per heavy atom. The normalized spacial score (nSPS) is 15.3. The second kappa shape index (κ2) is 10.2. The second-order valence-corrected chi connectivity index (χ2v) is 8.19. The van der Waals surface area contributed by atoms with Crippen LogP contribution in [0, 0.1) is 5.82 Å². The maximum atomic E-state index is 13.9. The van der Waals surface area contributed by atoms with Crippen molar-refractivity contribution in [2.24, 2.45) is 0 Å². The Morgan fingerprint density at radius 3 is 2.70 bits per heavy atom. The molecule has 1 atom stereocenters. The maximum Gasteiger partial charge on any atom is 0.290 e. The van der Waals surface area contributed by atoms with E-state index in [1.807, 2.05) is 24.3 Å². The summed E-state index contributed by atoms with van der Waals surface area (Å²) in [5.41, 5.74) is 0.779. The van der Waals surface area contributed by atoms with Gasteiger partial charge in [0.15, 0.2) is 5.43 Å². The lowest BCUT2D eigenvalue weighted by molar-refractivity contribution is 0.0707. The number of ether oxygens (including phenoxy) is 2. The van der Waals surface area contributed by atoms with E-state index < -0.39 is 17.3 Å². The Hall–Kier alpha value is -3.19. The molecule has 33 heavy (non-hydrogen) atoms. The predicted octanol–water partition coefficient (Wildman–Crippen LogP) is 5.08. The number of methoxy groups -OCH3 is 1. The first-order chi connectivity index (χ1) is 16.0. The zero-order valence-electron chi connectivity index (χ0n) is 18.9. The first-order valence-corrected chi connectivity index (χ1v) is 11.3. The van der Waals surface area contributed by atoms with E-state index in [0.29, 0.717) is 31.9 Å². The van der Waals surface area contributed by atoms with Gasteiger partial charge in [0, 0.05) is 20.3 Å². The molecule has 0 saturated heterocycles. The van der Waals surface area contributed by atoms with Crippen molar-refractivity contribution in [1.29, 1.82) is 0 Å². The molecule has 0 spiro atoms. The number of hydrogen-bond acceptors (Lipinski definition) is 5. The number of halogens is 1. The third-order valence-corrected chi connectivity index (χ3v) is 5.87. The van der Waals surface area contributed by atoms with Gasteiger partial charge in [0.25, 0.3) is 5.91 Å². The van der Waals surface area contributed by atoms with E-state index in [0.717, 1.165) is 30.9 Å². The average molecular weight is 454 g/mol. The van der Waals surface area contributed by atoms with Crippen molar-refractivity contribution in [3.63, 3.8) is 0 Å². The van der Waals surface area contributed by atoms with Crippen LogP contribution in [0.3, 0.4) is 0 Å². The summed E-state index contributed by atoms with van der Waals surface area (Å²) in [7, 11) is 1.60. The highest BCUT2D eigenvalue weighted by molar-refractivity contribution is 5.99. The molecular formula is C26H28FNO5. The topological polar surface area (TPSA) is 69.0 Å². The van der Waals surface area contributed by atoms with Gasteiger partial charge in [-0.05, 0) is 48.7 Å². The van der Waals surface area contributed by atoms with Gasteiger partial charge in [-0.15, -0.1) is 0 Å². The summed E-state index contributed by atoms with van der Waals surface area (Å²) < 4.78 is 30.8. The van der Waals surface area contributed by atoms with Crippen LogP contribution in [0.15, 0.2) is 51.7 Å². The van der Waals surface area contributed by atoms with Gasteiger partial charge in [0.1, 0.15) is 17.1 Å². The van der Waals surface area contributed by atoms with E-state index in [1.54, 1.807) is 12.0 Å². The minimum atomic E-state index is -0.646. The van der Waals surface area contributed by atoms with Crippen LogP contribution in [-0.2, 0) is 4.74 Å². The van der Waals surface area contributed by atoms with Crippen molar-refractivity contribution < 1.29 is 23.1 Å². The van der Waals surface area contributed by atoms with Crippen LogP contribution < -0.4 is 10.2 Å². The number of rotatable bonds is 10. The number of fused-ring (bicyclic) bond motifs is 2. The van der Waals surface area contributed by atoms with Gasteiger partial charge in [-0.3, -0.25) is 9.59 Å². The molecule has 0 fully saturated rings. The number of carbonyl (C=O) groups is 1. The predicted molar refractivity (Wildman–Crippen MR) is 123 cm³/mol. The van der Waals surface area contributed by atoms with Crippen LogP contribution >= 0.6 is 0 Å². The number of benzene rings is 2. The number of hydrogen-bond donors (Lipinski definition) is 0. The molecule has 2 aromatic carbocycles. The molecule has 3 aromatic rings. The first kappa shape index (κ1) is 23.0. The number of carbonyl (C=O) groups excluding carboxylic acids is 1. The van der Waals surface area contributed by atoms with Crippen molar-refractivity contribution in [2.45, 2.75) is 38.6 Å². The molecule has 1 unspecified atom stereocenters. The molecule has 6 nitrogen and oxygen atoms in total. The molecule has 1 aromatic heterocycles. The fourth-order valence-corrected chi connectivity index (χ4v) is 4.27. The summed E-state index contributed by atoms with van der Waals surface area (Å²) in [4.78, 5) is 28.4. The smallest absolute Gasteiger partial charge is 0.290 e. The quantitative estimate of drug-likeness (QED) is 0.400. The summed E-state index contributed by atoms with van der Waals surface area (Å²) in [6, 6.07) is 10.5. The molecule has 0 radical (unpaired) electrons. The highest BCUT2D eigenvalue weighted by atomic mass is 19.1. The van der Waals surface area contributed by atoms with Crippen LogP contribution in [-0.4, -0.2) is 37.7 Å². The number of nitrogens with zero attached hydrogens (tertiary/aromatic N) is 1. The summed E-state index contributed by atoms with van der Waals surface area (Å²) in [5.74, 6) is -0.202. The molecule has 174 valence electrons. The van der Waals surface area contributed by atoms with E-state index in [9.17, 15) is 14.0 Å². The average Bonchev–Trinajstić information content (AvgIpc) is 3.10. The Balaban J connectivity index is 1.78. The van der Waals surface area contributed by atoms with E-state index in [4.69, 9.17) is 13.9 Å². The lowest BCUT2D eigenvalue weighted by Gasteiger charge is -2.25. The van der Waals surface area contributed by atoms with Crippen molar-refractivity contribution in [2.75, 3.05) is 26.9 Å².